The highest BCUT2D eigenvalue weighted by atomic mass is 16.3. The van der Waals surface area contributed by atoms with Crippen LogP contribution in [0, 0.1) is 0 Å². The maximum Gasteiger partial charge on any atom is 0.248 e. The molecule has 122 valence electrons. The Morgan fingerprint density at radius 1 is 1.26 bits per heavy atom. The number of carbonyl (C=O) groups excluding carboxylic acids is 1. The van der Waals surface area contributed by atoms with Gasteiger partial charge < -0.3 is 10.0 Å². The first-order valence-corrected chi connectivity index (χ1v) is 8.09. The van der Waals surface area contributed by atoms with Crippen LogP contribution in [-0.4, -0.2) is 50.1 Å². The first kappa shape index (κ1) is 15.7. The van der Waals surface area contributed by atoms with E-state index in [2.05, 4.69) is 22.4 Å². The molecule has 1 aliphatic rings. The molecule has 0 radical (unpaired) electrons. The van der Waals surface area contributed by atoms with E-state index < -0.39 is 6.61 Å². The molecule has 0 bridgehead atoms. The van der Waals surface area contributed by atoms with Crippen molar-refractivity contribution in [2.45, 2.75) is 38.3 Å². The van der Waals surface area contributed by atoms with Crippen LogP contribution in [0.25, 0.3) is 0 Å². The number of aliphatic hydroxyl groups excluding tert-OH is 1. The molecule has 1 aliphatic heterocycles. The van der Waals surface area contributed by atoms with Gasteiger partial charge in [-0.25, -0.2) is 0 Å². The zero-order valence-corrected chi connectivity index (χ0v) is 13.1. The largest absolute Gasteiger partial charge is 0.387 e. The molecule has 0 aliphatic carbocycles. The van der Waals surface area contributed by atoms with Gasteiger partial charge in [-0.1, -0.05) is 35.5 Å². The molecule has 1 aromatic carbocycles. The molecular weight excluding hydrogens is 292 g/mol. The third-order valence-electron chi connectivity index (χ3n) is 4.33. The van der Waals surface area contributed by atoms with Crippen molar-refractivity contribution >= 4 is 5.91 Å². The van der Waals surface area contributed by atoms with Gasteiger partial charge in [-0.05, 0) is 31.2 Å². The van der Waals surface area contributed by atoms with Crippen molar-refractivity contribution in [1.29, 1.82) is 0 Å². The van der Waals surface area contributed by atoms with Gasteiger partial charge in [0.05, 0.1) is 18.3 Å². The lowest BCUT2D eigenvalue weighted by Gasteiger charge is -2.23. The van der Waals surface area contributed by atoms with Crippen molar-refractivity contribution in [3.05, 3.63) is 47.8 Å². The molecule has 1 N–H and O–H groups in total. The van der Waals surface area contributed by atoms with E-state index in [0.29, 0.717) is 6.54 Å². The minimum Gasteiger partial charge on any atom is -0.387 e. The van der Waals surface area contributed by atoms with Gasteiger partial charge in [0, 0.05) is 12.7 Å². The average Bonchev–Trinajstić information content (AvgIpc) is 3.23. The van der Waals surface area contributed by atoms with Crippen molar-refractivity contribution in [1.82, 2.24) is 19.9 Å². The summed E-state index contributed by atoms with van der Waals surface area (Å²) in [7, 11) is 0. The van der Waals surface area contributed by atoms with Gasteiger partial charge in [0.2, 0.25) is 5.91 Å². The second-order valence-electron chi connectivity index (χ2n) is 5.96. The van der Waals surface area contributed by atoms with E-state index in [1.807, 2.05) is 29.1 Å². The van der Waals surface area contributed by atoms with Crippen LogP contribution in [0.15, 0.2) is 36.5 Å². The van der Waals surface area contributed by atoms with Crippen LogP contribution in [0.5, 0.6) is 0 Å². The molecule has 0 saturated carbocycles. The second kappa shape index (κ2) is 7.37. The standard InChI is InChI=1S/C17H22N4O2/c22-13-17(23)21-10-4-7-16(21)12-20-11-15(18-19-20)9-8-14-5-2-1-3-6-14/h1-3,5-6,11,16,22H,4,7-10,12-13H2/t16-/m1/s1. The van der Waals surface area contributed by atoms with Crippen molar-refractivity contribution in [3.63, 3.8) is 0 Å². The van der Waals surface area contributed by atoms with Crippen molar-refractivity contribution in [2.75, 3.05) is 13.2 Å². The summed E-state index contributed by atoms with van der Waals surface area (Å²) in [5.41, 5.74) is 2.25. The number of rotatable bonds is 6. The Labute approximate surface area is 135 Å². The number of hydrogen-bond acceptors (Lipinski definition) is 4. The fraction of sp³-hybridized carbons (Fsp3) is 0.471. The number of benzene rings is 1. The Kier molecular flexibility index (Phi) is 5.02. The molecule has 1 aromatic heterocycles. The first-order chi connectivity index (χ1) is 11.3. The van der Waals surface area contributed by atoms with E-state index in [0.717, 1.165) is 37.9 Å². The topological polar surface area (TPSA) is 71.2 Å². The summed E-state index contributed by atoms with van der Waals surface area (Å²) >= 11 is 0. The minimum absolute atomic E-state index is 0.110. The predicted octanol–water partition coefficient (Wildman–Crippen LogP) is 1.05. The molecule has 1 amide bonds. The molecule has 1 atom stereocenters. The van der Waals surface area contributed by atoms with E-state index >= 15 is 0 Å². The number of amides is 1. The van der Waals surface area contributed by atoms with E-state index in [4.69, 9.17) is 5.11 Å². The summed E-state index contributed by atoms with van der Waals surface area (Å²) in [5, 5.41) is 17.4. The summed E-state index contributed by atoms with van der Waals surface area (Å²) in [6.07, 6.45) is 5.69. The second-order valence-corrected chi connectivity index (χ2v) is 5.96. The molecule has 0 spiro atoms. The van der Waals surface area contributed by atoms with Gasteiger partial charge in [-0.3, -0.25) is 9.48 Å². The summed E-state index contributed by atoms with van der Waals surface area (Å²) < 4.78 is 1.81. The zero-order valence-electron chi connectivity index (χ0n) is 13.1. The van der Waals surface area contributed by atoms with Crippen molar-refractivity contribution in [3.8, 4) is 0 Å². The summed E-state index contributed by atoms with van der Waals surface area (Å²) in [5.74, 6) is -0.197. The van der Waals surface area contributed by atoms with Gasteiger partial charge in [0.15, 0.2) is 0 Å². The number of aliphatic hydroxyl groups is 1. The number of aryl methyl sites for hydroxylation is 2. The first-order valence-electron chi connectivity index (χ1n) is 8.09. The number of likely N-dealkylation sites (tertiary alicyclic amines) is 1. The van der Waals surface area contributed by atoms with E-state index in [1.54, 1.807) is 4.90 Å². The third-order valence-corrected chi connectivity index (χ3v) is 4.33. The molecular formula is C17H22N4O2. The molecule has 0 unspecified atom stereocenters. The van der Waals surface area contributed by atoms with Crippen molar-refractivity contribution in [2.24, 2.45) is 0 Å². The Hall–Kier alpha value is -2.21. The summed E-state index contributed by atoms with van der Waals surface area (Å²) in [6.45, 7) is 0.944. The lowest BCUT2D eigenvalue weighted by Crippen LogP contribution is -2.39. The zero-order chi connectivity index (χ0) is 16.1. The molecule has 6 nitrogen and oxygen atoms in total. The van der Waals surface area contributed by atoms with Crippen LogP contribution >= 0.6 is 0 Å². The Bertz CT molecular complexity index is 641. The molecule has 3 rings (SSSR count). The number of hydrogen-bond donors (Lipinski definition) is 1. The van der Waals surface area contributed by atoms with E-state index in [-0.39, 0.29) is 11.9 Å². The molecule has 2 aromatic rings. The third kappa shape index (κ3) is 3.96. The van der Waals surface area contributed by atoms with Crippen LogP contribution in [0.4, 0.5) is 0 Å². The monoisotopic (exact) mass is 314 g/mol. The van der Waals surface area contributed by atoms with Gasteiger partial charge in [0.25, 0.3) is 0 Å². The number of aromatic nitrogens is 3. The smallest absolute Gasteiger partial charge is 0.248 e. The highest BCUT2D eigenvalue weighted by Gasteiger charge is 2.28. The predicted molar refractivity (Wildman–Crippen MR) is 85.7 cm³/mol. The summed E-state index contributed by atoms with van der Waals surface area (Å²) in [4.78, 5) is 13.5. The van der Waals surface area contributed by atoms with E-state index in [1.165, 1.54) is 5.56 Å². The van der Waals surface area contributed by atoms with Crippen LogP contribution in [0.2, 0.25) is 0 Å². The molecule has 1 fully saturated rings. The van der Waals surface area contributed by atoms with Crippen LogP contribution < -0.4 is 0 Å². The highest BCUT2D eigenvalue weighted by Crippen LogP contribution is 2.18. The Morgan fingerprint density at radius 2 is 2.09 bits per heavy atom. The maximum atomic E-state index is 11.7. The van der Waals surface area contributed by atoms with Gasteiger partial charge in [-0.15, -0.1) is 5.10 Å². The van der Waals surface area contributed by atoms with Gasteiger partial charge >= 0.3 is 0 Å². The lowest BCUT2D eigenvalue weighted by atomic mass is 10.1. The lowest BCUT2D eigenvalue weighted by molar-refractivity contribution is -0.135. The van der Waals surface area contributed by atoms with Crippen molar-refractivity contribution < 1.29 is 9.90 Å². The number of nitrogens with zero attached hydrogens (tertiary/aromatic N) is 4. The van der Waals surface area contributed by atoms with Crippen LogP contribution in [0.1, 0.15) is 24.1 Å². The quantitative estimate of drug-likeness (QED) is 0.865. The SMILES string of the molecule is O=C(CO)N1CCC[C@@H]1Cn1cc(CCc2ccccc2)nn1. The summed E-state index contributed by atoms with van der Waals surface area (Å²) in [6, 6.07) is 10.4. The van der Waals surface area contributed by atoms with E-state index in [9.17, 15) is 4.79 Å². The molecule has 1 saturated heterocycles. The average molecular weight is 314 g/mol. The maximum absolute atomic E-state index is 11.7. The Balaban J connectivity index is 1.56. The molecule has 23 heavy (non-hydrogen) atoms. The number of carbonyl (C=O) groups is 1. The van der Waals surface area contributed by atoms with Gasteiger partial charge in [0.1, 0.15) is 6.61 Å². The highest BCUT2D eigenvalue weighted by molar-refractivity contribution is 5.77. The molecule has 6 heteroatoms. The van der Waals surface area contributed by atoms with Crippen LogP contribution in [-0.2, 0) is 24.2 Å². The van der Waals surface area contributed by atoms with Crippen LogP contribution in [0.3, 0.4) is 0 Å². The van der Waals surface area contributed by atoms with Gasteiger partial charge in [-0.2, -0.15) is 0 Å². The Morgan fingerprint density at radius 3 is 2.87 bits per heavy atom. The molecule has 2 heterocycles. The minimum atomic E-state index is -0.420. The normalized spacial score (nSPS) is 17.6. The fourth-order valence-electron chi connectivity index (χ4n) is 3.12. The fourth-order valence-corrected chi connectivity index (χ4v) is 3.12.